The zero-order valence-electron chi connectivity index (χ0n) is 17.9. The highest BCUT2D eigenvalue weighted by atomic mass is 16.6. The minimum atomic E-state index is -1.95. The average Bonchev–Trinajstić information content (AvgIpc) is 3.19. The third-order valence-electron chi connectivity index (χ3n) is 7.34. The molecular formula is C22H25N3O7. The van der Waals surface area contributed by atoms with E-state index in [9.17, 15) is 34.4 Å². The van der Waals surface area contributed by atoms with Crippen LogP contribution in [0.2, 0.25) is 0 Å². The predicted molar refractivity (Wildman–Crippen MR) is 110 cm³/mol. The van der Waals surface area contributed by atoms with Crippen LogP contribution in [0.5, 0.6) is 0 Å². The lowest BCUT2D eigenvalue weighted by Crippen LogP contribution is -2.58. The molecule has 170 valence electrons. The number of carbonyl (C=O) groups is 4. The van der Waals surface area contributed by atoms with E-state index in [1.807, 2.05) is 0 Å². The number of rotatable bonds is 4. The first-order valence-corrected chi connectivity index (χ1v) is 10.7. The van der Waals surface area contributed by atoms with Crippen molar-refractivity contribution in [2.45, 2.75) is 50.6 Å². The fraction of sp³-hybridized carbons (Fsp3) is 0.545. The highest BCUT2D eigenvalue weighted by Crippen LogP contribution is 2.56. The molecule has 10 nitrogen and oxygen atoms in total. The monoisotopic (exact) mass is 443 g/mol. The van der Waals surface area contributed by atoms with Crippen LogP contribution in [-0.4, -0.2) is 56.1 Å². The Hall–Kier alpha value is -3.30. The molecule has 1 saturated carbocycles. The number of hydrogen-bond acceptors (Lipinski definition) is 6. The molecule has 0 aromatic heterocycles. The Morgan fingerprint density at radius 1 is 1.16 bits per heavy atom. The molecule has 1 N–H and O–H groups in total. The van der Waals surface area contributed by atoms with E-state index in [1.54, 1.807) is 6.07 Å². The second kappa shape index (κ2) is 7.68. The van der Waals surface area contributed by atoms with Crippen LogP contribution in [-0.2, 0) is 19.2 Å². The van der Waals surface area contributed by atoms with Crippen molar-refractivity contribution >= 4 is 29.4 Å². The lowest BCUT2D eigenvalue weighted by molar-refractivity contribution is -0.385. The van der Waals surface area contributed by atoms with E-state index in [4.69, 9.17) is 0 Å². The lowest BCUT2D eigenvalue weighted by atomic mass is 9.80. The van der Waals surface area contributed by atoms with Crippen LogP contribution in [0.1, 0.15) is 50.6 Å². The van der Waals surface area contributed by atoms with Gasteiger partial charge in [0.2, 0.25) is 17.7 Å². The Bertz CT molecular complexity index is 1020. The number of nitro groups is 1. The molecule has 4 unspecified atom stereocenters. The van der Waals surface area contributed by atoms with Crippen LogP contribution in [0.15, 0.2) is 24.3 Å². The summed E-state index contributed by atoms with van der Waals surface area (Å²) in [4.78, 5) is 65.3. The van der Waals surface area contributed by atoms with Crippen molar-refractivity contribution in [1.29, 1.82) is 0 Å². The third-order valence-corrected chi connectivity index (χ3v) is 7.34. The number of nitrogens with zero attached hydrogens (tertiary/aromatic N) is 3. The molecular weight excluding hydrogens is 418 g/mol. The van der Waals surface area contributed by atoms with E-state index in [1.165, 1.54) is 37.1 Å². The second-order valence-corrected chi connectivity index (χ2v) is 9.03. The van der Waals surface area contributed by atoms with E-state index in [0.29, 0.717) is 12.8 Å². The van der Waals surface area contributed by atoms with Gasteiger partial charge in [0.05, 0.1) is 22.8 Å². The molecule has 1 aromatic carbocycles. The second-order valence-electron chi connectivity index (χ2n) is 9.03. The van der Waals surface area contributed by atoms with E-state index in [0.717, 1.165) is 24.2 Å². The van der Waals surface area contributed by atoms with E-state index >= 15 is 0 Å². The maximum atomic E-state index is 13.7. The number of carbonyl (C=O) groups excluding carboxylic acids is 3. The van der Waals surface area contributed by atoms with Crippen molar-refractivity contribution in [3.63, 3.8) is 0 Å². The minimum Gasteiger partial charge on any atom is -0.479 e. The average molecular weight is 443 g/mol. The number of benzene rings is 1. The smallest absolute Gasteiger partial charge is 0.330 e. The Morgan fingerprint density at radius 2 is 1.81 bits per heavy atom. The summed E-state index contributed by atoms with van der Waals surface area (Å²) < 4.78 is 0. The Balaban J connectivity index is 1.92. The van der Waals surface area contributed by atoms with Gasteiger partial charge in [-0.2, -0.15) is 0 Å². The molecule has 4 rings (SSSR count). The molecule has 4 atom stereocenters. The molecule has 0 radical (unpaired) electrons. The zero-order chi connectivity index (χ0) is 23.4. The minimum absolute atomic E-state index is 0.238. The molecule has 10 heteroatoms. The summed E-state index contributed by atoms with van der Waals surface area (Å²) in [6.07, 6.45) is 3.86. The molecule has 1 aliphatic carbocycles. The van der Waals surface area contributed by atoms with E-state index in [-0.39, 0.29) is 11.3 Å². The summed E-state index contributed by atoms with van der Waals surface area (Å²) in [5, 5.41) is 21.6. The maximum absolute atomic E-state index is 13.7. The van der Waals surface area contributed by atoms with Crippen LogP contribution in [0.3, 0.4) is 0 Å². The molecule has 2 saturated heterocycles. The fourth-order valence-electron chi connectivity index (χ4n) is 5.67. The summed E-state index contributed by atoms with van der Waals surface area (Å²) >= 11 is 0. The number of carboxylic acids is 1. The summed E-state index contributed by atoms with van der Waals surface area (Å²) in [5.74, 6) is -5.82. The van der Waals surface area contributed by atoms with Gasteiger partial charge >= 0.3 is 5.97 Å². The van der Waals surface area contributed by atoms with Crippen LogP contribution in [0.4, 0.5) is 5.69 Å². The molecule has 32 heavy (non-hydrogen) atoms. The first-order valence-electron chi connectivity index (χ1n) is 10.7. The van der Waals surface area contributed by atoms with Gasteiger partial charge in [-0.1, -0.05) is 31.4 Å². The third kappa shape index (κ3) is 3.00. The number of nitro benzene ring substituents is 1. The van der Waals surface area contributed by atoms with Gasteiger partial charge in [-0.15, -0.1) is 0 Å². The highest BCUT2D eigenvalue weighted by molar-refractivity contribution is 6.10. The van der Waals surface area contributed by atoms with Gasteiger partial charge in [0.1, 0.15) is 0 Å². The molecule has 3 aliphatic rings. The molecule has 0 bridgehead atoms. The van der Waals surface area contributed by atoms with E-state index in [2.05, 4.69) is 0 Å². The van der Waals surface area contributed by atoms with Crippen molar-refractivity contribution in [3.05, 3.63) is 39.9 Å². The first kappa shape index (κ1) is 21.9. The van der Waals surface area contributed by atoms with Crippen LogP contribution < -0.4 is 0 Å². The molecule has 2 heterocycles. The molecule has 0 spiro atoms. The van der Waals surface area contributed by atoms with Gasteiger partial charge < -0.3 is 10.0 Å². The molecule has 3 fully saturated rings. The molecule has 1 aromatic rings. The van der Waals surface area contributed by atoms with Crippen molar-refractivity contribution in [1.82, 2.24) is 9.80 Å². The summed E-state index contributed by atoms with van der Waals surface area (Å²) in [5.41, 5.74) is -1.91. The SMILES string of the molecule is CN1C(=O)C2C(c3cccc([N+](=O)[O-])c3)N(C(=O)C3CCCCC3)C(C)(C(=O)O)C2C1=O. The largest absolute Gasteiger partial charge is 0.479 e. The van der Waals surface area contributed by atoms with E-state index < -0.39 is 57.9 Å². The molecule has 2 aliphatic heterocycles. The number of fused-ring (bicyclic) bond motifs is 1. The van der Waals surface area contributed by atoms with Crippen LogP contribution >= 0.6 is 0 Å². The fourth-order valence-corrected chi connectivity index (χ4v) is 5.67. The Morgan fingerprint density at radius 3 is 2.41 bits per heavy atom. The normalized spacial score (nSPS) is 30.5. The van der Waals surface area contributed by atoms with Gasteiger partial charge in [0.25, 0.3) is 5.69 Å². The van der Waals surface area contributed by atoms with Gasteiger partial charge in [0.15, 0.2) is 5.54 Å². The van der Waals surface area contributed by atoms with Crippen molar-refractivity contribution in [3.8, 4) is 0 Å². The lowest BCUT2D eigenvalue weighted by Gasteiger charge is -2.40. The molecule has 3 amide bonds. The van der Waals surface area contributed by atoms with Crippen LogP contribution in [0, 0.1) is 27.9 Å². The van der Waals surface area contributed by atoms with Gasteiger partial charge in [-0.25, -0.2) is 4.79 Å². The number of amides is 3. The number of likely N-dealkylation sites (tertiary alicyclic amines) is 2. The summed E-state index contributed by atoms with van der Waals surface area (Å²) in [6.45, 7) is 1.31. The Kier molecular flexibility index (Phi) is 5.26. The number of aliphatic carboxylic acids is 1. The van der Waals surface area contributed by atoms with Gasteiger partial charge in [-0.3, -0.25) is 29.4 Å². The van der Waals surface area contributed by atoms with Gasteiger partial charge in [-0.05, 0) is 25.3 Å². The zero-order valence-corrected chi connectivity index (χ0v) is 17.9. The predicted octanol–water partition coefficient (Wildman–Crippen LogP) is 2.13. The first-order chi connectivity index (χ1) is 15.1. The highest BCUT2D eigenvalue weighted by Gasteiger charge is 2.71. The number of carboxylic acid groups (broad SMARTS) is 1. The number of non-ortho nitro benzene ring substituents is 1. The number of hydrogen-bond donors (Lipinski definition) is 1. The van der Waals surface area contributed by atoms with Crippen molar-refractivity contribution < 1.29 is 29.2 Å². The summed E-state index contributed by atoms with van der Waals surface area (Å²) in [6, 6.07) is 4.43. The summed E-state index contributed by atoms with van der Waals surface area (Å²) in [7, 11) is 1.29. The van der Waals surface area contributed by atoms with Gasteiger partial charge in [0, 0.05) is 25.1 Å². The van der Waals surface area contributed by atoms with Crippen molar-refractivity contribution in [2.75, 3.05) is 7.05 Å². The van der Waals surface area contributed by atoms with Crippen molar-refractivity contribution in [2.24, 2.45) is 17.8 Å². The maximum Gasteiger partial charge on any atom is 0.330 e. The Labute approximate surface area is 184 Å². The quantitative estimate of drug-likeness (QED) is 0.427. The topological polar surface area (TPSA) is 138 Å². The standard InChI is InChI=1S/C22H25N3O7/c1-22(21(29)30)16-15(19(27)23(2)20(16)28)17(13-9-6-10-14(11-13)25(31)32)24(22)18(26)12-7-4-3-5-8-12/h6,9-12,15-17H,3-5,7-8H2,1-2H3,(H,29,30). The van der Waals surface area contributed by atoms with Crippen LogP contribution in [0.25, 0.3) is 0 Å². The number of imide groups is 1.